The quantitative estimate of drug-likeness (QED) is 0.212. The predicted molar refractivity (Wildman–Crippen MR) is 149 cm³/mol. The molecule has 1 saturated carbocycles. The molecule has 6 rings (SSSR count). The summed E-state index contributed by atoms with van der Waals surface area (Å²) in [6.45, 7) is 7.87. The number of carbonyl (C=O) groups is 1. The number of ketones is 1. The highest BCUT2D eigenvalue weighted by Crippen LogP contribution is 2.40. The Bertz CT molecular complexity index is 1540. The largest absolute Gasteiger partial charge is 0.399 e. The molecule has 0 radical (unpaired) electrons. The molecule has 5 heteroatoms. The van der Waals surface area contributed by atoms with Gasteiger partial charge in [0.15, 0.2) is 5.78 Å². The molecule has 184 valence electrons. The number of nitrogen functional groups attached to an aromatic ring is 1. The van der Waals surface area contributed by atoms with Crippen LogP contribution in [0.5, 0.6) is 0 Å². The van der Waals surface area contributed by atoms with E-state index in [2.05, 4.69) is 82.8 Å². The molecule has 36 heavy (non-hydrogen) atoms. The van der Waals surface area contributed by atoms with Crippen LogP contribution in [-0.2, 0) is 19.5 Å². The van der Waals surface area contributed by atoms with Crippen LogP contribution in [0.3, 0.4) is 0 Å². The van der Waals surface area contributed by atoms with Gasteiger partial charge in [-0.1, -0.05) is 18.2 Å². The molecule has 3 heterocycles. The highest BCUT2D eigenvalue weighted by molar-refractivity contribution is 5.95. The van der Waals surface area contributed by atoms with Crippen molar-refractivity contribution in [2.24, 2.45) is 0 Å². The first-order valence-corrected chi connectivity index (χ1v) is 12.9. The molecule has 0 amide bonds. The van der Waals surface area contributed by atoms with Gasteiger partial charge in [0.05, 0.1) is 11.2 Å². The Kier molecular flexibility index (Phi) is 6.64. The van der Waals surface area contributed by atoms with Crippen LogP contribution < -0.4 is 5.73 Å². The maximum absolute atomic E-state index is 12.1. The van der Waals surface area contributed by atoms with Crippen molar-refractivity contribution in [3.05, 3.63) is 95.6 Å². The van der Waals surface area contributed by atoms with Gasteiger partial charge in [-0.3, -0.25) is 9.78 Å². The van der Waals surface area contributed by atoms with Crippen LogP contribution in [0, 0.1) is 0 Å². The van der Waals surface area contributed by atoms with E-state index in [-0.39, 0.29) is 5.78 Å². The van der Waals surface area contributed by atoms with Crippen molar-refractivity contribution in [3.63, 3.8) is 0 Å². The fourth-order valence-corrected chi connectivity index (χ4v) is 4.88. The summed E-state index contributed by atoms with van der Waals surface area (Å²) in [5, 5.41) is 2.51. The van der Waals surface area contributed by atoms with Crippen molar-refractivity contribution >= 4 is 33.3 Å². The van der Waals surface area contributed by atoms with Gasteiger partial charge in [-0.25, -0.2) is 0 Å². The summed E-state index contributed by atoms with van der Waals surface area (Å²) in [5.41, 5.74) is 13.1. The molecule has 2 aromatic carbocycles. The van der Waals surface area contributed by atoms with E-state index in [4.69, 9.17) is 5.73 Å². The van der Waals surface area contributed by atoms with Gasteiger partial charge in [-0.05, 0) is 97.8 Å². The Balaban J connectivity index is 0.000000186. The van der Waals surface area contributed by atoms with E-state index < -0.39 is 0 Å². The third-order valence-corrected chi connectivity index (χ3v) is 7.11. The Morgan fingerprint density at radius 2 is 1.56 bits per heavy atom. The number of Topliss-reactive ketones (excluding diaryl/α,β-unsaturated/α-hetero) is 1. The van der Waals surface area contributed by atoms with Crippen LogP contribution in [0.1, 0.15) is 66.7 Å². The second kappa shape index (κ2) is 10.0. The number of hydrogen-bond donors (Lipinski definition) is 1. The van der Waals surface area contributed by atoms with Crippen molar-refractivity contribution in [3.8, 4) is 0 Å². The monoisotopic (exact) mass is 478 g/mol. The van der Waals surface area contributed by atoms with Crippen molar-refractivity contribution in [2.45, 2.75) is 59.0 Å². The number of benzene rings is 2. The average Bonchev–Trinajstić information content (AvgIpc) is 3.53. The Morgan fingerprint density at radius 3 is 2.17 bits per heavy atom. The minimum atomic E-state index is 0.109. The molecule has 1 fully saturated rings. The van der Waals surface area contributed by atoms with E-state index in [0.29, 0.717) is 12.3 Å². The predicted octanol–water partition coefficient (Wildman–Crippen LogP) is 6.97. The van der Waals surface area contributed by atoms with Gasteiger partial charge in [0.25, 0.3) is 0 Å². The van der Waals surface area contributed by atoms with Crippen LogP contribution in [-0.4, -0.2) is 19.9 Å². The third kappa shape index (κ3) is 4.92. The standard InChI is InChI=1S/C21H22N2O.C10H12N2/c1-3-23-9-8-17-5-4-15(11-21(17)23)10-20-19(14(2)24)12-18(13-22-20)16-6-7-16;1-2-12-6-5-8-3-4-9(11)7-10(8)12/h4-5,8-9,11-13,16H,3,6-7,10H2,1-2H3;3-7H,2,11H2,1H3. The number of hydrogen-bond acceptors (Lipinski definition) is 3. The SMILES string of the molecule is CCn1ccc2ccc(Cc3ncc(C4CC4)cc3C(C)=O)cc21.CCn1ccc2ccc(N)cc21. The van der Waals surface area contributed by atoms with Crippen LogP contribution in [0.4, 0.5) is 5.69 Å². The highest BCUT2D eigenvalue weighted by atomic mass is 16.1. The summed E-state index contributed by atoms with van der Waals surface area (Å²) in [5.74, 6) is 0.729. The summed E-state index contributed by atoms with van der Waals surface area (Å²) < 4.78 is 4.43. The summed E-state index contributed by atoms with van der Waals surface area (Å²) in [6.07, 6.45) is 9.33. The van der Waals surface area contributed by atoms with Crippen LogP contribution >= 0.6 is 0 Å². The second-order valence-corrected chi connectivity index (χ2v) is 9.69. The zero-order valence-electron chi connectivity index (χ0n) is 21.4. The molecule has 0 bridgehead atoms. The lowest BCUT2D eigenvalue weighted by Crippen LogP contribution is -2.05. The molecular weight excluding hydrogens is 444 g/mol. The number of nitrogens with zero attached hydrogens (tertiary/aromatic N) is 3. The van der Waals surface area contributed by atoms with Crippen molar-refractivity contribution in [1.82, 2.24) is 14.1 Å². The fraction of sp³-hybridized carbons (Fsp3) is 0.290. The van der Waals surface area contributed by atoms with E-state index in [9.17, 15) is 4.79 Å². The molecule has 5 aromatic rings. The summed E-state index contributed by atoms with van der Waals surface area (Å²) in [4.78, 5) is 16.7. The second-order valence-electron chi connectivity index (χ2n) is 9.69. The Hall–Kier alpha value is -3.86. The summed E-state index contributed by atoms with van der Waals surface area (Å²) in [7, 11) is 0. The van der Waals surface area contributed by atoms with E-state index >= 15 is 0 Å². The molecule has 0 aliphatic heterocycles. The smallest absolute Gasteiger partial charge is 0.161 e. The van der Waals surface area contributed by atoms with Gasteiger partial charge in [-0.2, -0.15) is 0 Å². The Labute approximate surface area is 212 Å². The zero-order valence-corrected chi connectivity index (χ0v) is 21.4. The molecule has 0 atom stereocenters. The van der Waals surface area contributed by atoms with E-state index in [0.717, 1.165) is 30.0 Å². The molecular formula is C31H34N4O. The molecule has 0 unspecified atom stereocenters. The Morgan fingerprint density at radius 1 is 0.917 bits per heavy atom. The topological polar surface area (TPSA) is 65.8 Å². The number of carbonyl (C=O) groups excluding carboxylic acids is 1. The van der Waals surface area contributed by atoms with Gasteiger partial charge >= 0.3 is 0 Å². The number of aryl methyl sites for hydroxylation is 2. The fourth-order valence-electron chi connectivity index (χ4n) is 4.88. The first kappa shape index (κ1) is 23.9. The van der Waals surface area contributed by atoms with Crippen LogP contribution in [0.25, 0.3) is 21.8 Å². The van der Waals surface area contributed by atoms with E-state index in [1.165, 1.54) is 45.8 Å². The lowest BCUT2D eigenvalue weighted by Gasteiger charge is -2.10. The molecule has 3 aromatic heterocycles. The molecule has 1 aliphatic carbocycles. The zero-order chi connectivity index (χ0) is 25.2. The molecule has 0 spiro atoms. The lowest BCUT2D eigenvalue weighted by molar-refractivity contribution is 0.101. The maximum Gasteiger partial charge on any atom is 0.161 e. The first-order valence-electron chi connectivity index (χ1n) is 12.9. The average molecular weight is 479 g/mol. The summed E-state index contributed by atoms with van der Waals surface area (Å²) >= 11 is 0. The first-order chi connectivity index (χ1) is 17.5. The number of aromatic nitrogens is 3. The number of anilines is 1. The molecule has 1 aliphatic rings. The molecule has 5 nitrogen and oxygen atoms in total. The van der Waals surface area contributed by atoms with E-state index in [1.54, 1.807) is 6.92 Å². The van der Waals surface area contributed by atoms with Gasteiger partial charge in [-0.15, -0.1) is 0 Å². The van der Waals surface area contributed by atoms with Crippen molar-refractivity contribution in [1.29, 1.82) is 0 Å². The van der Waals surface area contributed by atoms with Crippen LogP contribution in [0.15, 0.2) is 73.2 Å². The van der Waals surface area contributed by atoms with Gasteiger partial charge in [0.1, 0.15) is 0 Å². The number of rotatable bonds is 6. The van der Waals surface area contributed by atoms with Crippen LogP contribution in [0.2, 0.25) is 0 Å². The van der Waals surface area contributed by atoms with Crippen molar-refractivity contribution in [2.75, 3.05) is 5.73 Å². The minimum Gasteiger partial charge on any atom is -0.399 e. The lowest BCUT2D eigenvalue weighted by atomic mass is 9.99. The number of nitrogens with two attached hydrogens (primary N) is 1. The van der Waals surface area contributed by atoms with E-state index in [1.807, 2.05) is 18.3 Å². The molecule has 0 saturated heterocycles. The number of pyridine rings is 1. The van der Waals surface area contributed by atoms with Gasteiger partial charge < -0.3 is 14.9 Å². The molecule has 2 N–H and O–H groups in total. The van der Waals surface area contributed by atoms with Gasteiger partial charge in [0, 0.05) is 54.9 Å². The number of fused-ring (bicyclic) bond motifs is 2. The highest BCUT2D eigenvalue weighted by Gasteiger charge is 2.25. The normalized spacial score (nSPS) is 13.1. The maximum atomic E-state index is 12.1. The van der Waals surface area contributed by atoms with Crippen molar-refractivity contribution < 1.29 is 4.79 Å². The minimum absolute atomic E-state index is 0.109. The third-order valence-electron chi connectivity index (χ3n) is 7.11. The summed E-state index contributed by atoms with van der Waals surface area (Å²) in [6, 6.07) is 18.8. The van der Waals surface area contributed by atoms with Gasteiger partial charge in [0.2, 0.25) is 0 Å².